The van der Waals surface area contributed by atoms with E-state index < -0.39 is 11.4 Å². The number of aromatic nitrogens is 1. The quantitative estimate of drug-likeness (QED) is 0.482. The van der Waals surface area contributed by atoms with Crippen LogP contribution in [0.25, 0.3) is 0 Å². The maximum absolute atomic E-state index is 11.2. The Morgan fingerprint density at radius 1 is 1.22 bits per heavy atom. The zero-order valence-corrected chi connectivity index (χ0v) is 15.9. The minimum Gasteiger partial charge on any atom is -0.492 e. The first kappa shape index (κ1) is 20.0. The van der Waals surface area contributed by atoms with E-state index in [2.05, 4.69) is 15.8 Å². The van der Waals surface area contributed by atoms with Crippen LogP contribution in [0.15, 0.2) is 18.3 Å². The number of unbranched alkanes of at least 4 members (excludes halogenated alkanes) is 5. The molecule has 0 bridgehead atoms. The number of nitrogens with zero attached hydrogens (tertiary/aromatic N) is 1. The van der Waals surface area contributed by atoms with E-state index in [9.17, 15) is 9.90 Å². The van der Waals surface area contributed by atoms with Crippen molar-refractivity contribution in [3.63, 3.8) is 0 Å². The fraction of sp³-hybridized carbons (Fsp3) is 0.700. The molecule has 2 aliphatic heterocycles. The Morgan fingerprint density at radius 2 is 2.00 bits per heavy atom. The highest BCUT2D eigenvalue weighted by atomic mass is 16.5. The van der Waals surface area contributed by atoms with Gasteiger partial charge >= 0.3 is 5.97 Å². The van der Waals surface area contributed by atoms with Gasteiger partial charge in [0.25, 0.3) is 0 Å². The molecule has 3 rings (SSSR count). The predicted molar refractivity (Wildman–Crippen MR) is 101 cm³/mol. The van der Waals surface area contributed by atoms with Crippen LogP contribution in [-0.2, 0) is 9.53 Å². The monoisotopic (exact) mass is 377 g/mol. The first-order valence-electron chi connectivity index (χ1n) is 10.1. The maximum Gasteiger partial charge on any atom is 0.314 e. The molecule has 0 radical (unpaired) electrons. The van der Waals surface area contributed by atoms with Crippen LogP contribution in [0.4, 0.5) is 0 Å². The molecule has 0 saturated carbocycles. The van der Waals surface area contributed by atoms with Crippen molar-refractivity contribution >= 4 is 5.97 Å². The summed E-state index contributed by atoms with van der Waals surface area (Å²) in [5, 5.41) is 9.24. The molecule has 7 heteroatoms. The average molecular weight is 377 g/mol. The van der Waals surface area contributed by atoms with Crippen LogP contribution in [0.2, 0.25) is 0 Å². The SMILES string of the molecule is O=C(O)C1(CCCCCCCCOc2ccc(C3CCNN3)nc2)COC1. The van der Waals surface area contributed by atoms with Gasteiger partial charge in [0.1, 0.15) is 11.2 Å². The highest BCUT2D eigenvalue weighted by Gasteiger charge is 2.45. The van der Waals surface area contributed by atoms with E-state index >= 15 is 0 Å². The standard InChI is InChI=1S/C20H31N3O4/c24-19(25)20(14-26-15-20)10-5-3-1-2-4-6-12-27-16-7-8-17(21-13-16)18-9-11-22-23-18/h7-8,13,18,22-23H,1-6,9-12,14-15H2,(H,24,25). The second-order valence-corrected chi connectivity index (χ2v) is 7.63. The van der Waals surface area contributed by atoms with Gasteiger partial charge in [-0.2, -0.15) is 0 Å². The summed E-state index contributed by atoms with van der Waals surface area (Å²) in [6, 6.07) is 4.31. The predicted octanol–water partition coefficient (Wildman–Crippen LogP) is 2.83. The minimum atomic E-state index is -0.704. The lowest BCUT2D eigenvalue weighted by Crippen LogP contribution is -2.48. The third kappa shape index (κ3) is 5.64. The van der Waals surface area contributed by atoms with Crippen LogP contribution >= 0.6 is 0 Å². The molecule has 0 aromatic carbocycles. The summed E-state index contributed by atoms with van der Waals surface area (Å²) in [5.41, 5.74) is 6.77. The van der Waals surface area contributed by atoms with Gasteiger partial charge in [0.2, 0.25) is 0 Å². The van der Waals surface area contributed by atoms with E-state index in [-0.39, 0.29) is 0 Å². The number of nitrogens with one attached hydrogen (secondary N) is 2. The molecule has 27 heavy (non-hydrogen) atoms. The van der Waals surface area contributed by atoms with Crippen LogP contribution in [0.1, 0.15) is 63.1 Å². The summed E-state index contributed by atoms with van der Waals surface area (Å²) in [6.45, 7) is 2.44. The fourth-order valence-corrected chi connectivity index (χ4v) is 3.57. The smallest absolute Gasteiger partial charge is 0.314 e. The lowest BCUT2D eigenvalue weighted by molar-refractivity contribution is -0.181. The van der Waals surface area contributed by atoms with E-state index in [1.807, 2.05) is 12.1 Å². The van der Waals surface area contributed by atoms with Gasteiger partial charge in [-0.05, 0) is 31.4 Å². The second kappa shape index (κ2) is 10.0. The van der Waals surface area contributed by atoms with Gasteiger partial charge in [-0.3, -0.25) is 15.2 Å². The normalized spacial score (nSPS) is 21.0. The van der Waals surface area contributed by atoms with Crippen molar-refractivity contribution in [2.24, 2.45) is 5.41 Å². The molecule has 1 unspecified atom stereocenters. The highest BCUT2D eigenvalue weighted by molar-refractivity contribution is 5.75. The first-order chi connectivity index (χ1) is 13.2. The number of ether oxygens (including phenoxy) is 2. The molecule has 150 valence electrons. The Bertz CT molecular complexity index is 583. The fourth-order valence-electron chi connectivity index (χ4n) is 3.57. The van der Waals surface area contributed by atoms with E-state index in [0.717, 1.165) is 69.4 Å². The zero-order valence-electron chi connectivity index (χ0n) is 15.9. The van der Waals surface area contributed by atoms with Crippen molar-refractivity contribution in [1.82, 2.24) is 15.8 Å². The van der Waals surface area contributed by atoms with E-state index in [1.54, 1.807) is 6.20 Å². The van der Waals surface area contributed by atoms with E-state index in [4.69, 9.17) is 9.47 Å². The molecule has 3 heterocycles. The van der Waals surface area contributed by atoms with Crippen LogP contribution in [-0.4, -0.2) is 42.4 Å². The molecular weight excluding hydrogens is 346 g/mol. The molecule has 1 aromatic heterocycles. The largest absolute Gasteiger partial charge is 0.492 e. The Balaban J connectivity index is 1.19. The molecule has 3 N–H and O–H groups in total. The third-order valence-corrected chi connectivity index (χ3v) is 5.48. The highest BCUT2D eigenvalue weighted by Crippen LogP contribution is 2.33. The van der Waals surface area contributed by atoms with Gasteiger partial charge in [-0.1, -0.05) is 32.1 Å². The molecule has 2 saturated heterocycles. The zero-order chi connectivity index (χ0) is 19.0. The van der Waals surface area contributed by atoms with Crippen molar-refractivity contribution in [2.45, 2.75) is 57.4 Å². The molecule has 2 aliphatic rings. The maximum atomic E-state index is 11.2. The molecule has 1 atom stereocenters. The first-order valence-corrected chi connectivity index (χ1v) is 10.1. The van der Waals surface area contributed by atoms with Crippen LogP contribution in [0.3, 0.4) is 0 Å². The van der Waals surface area contributed by atoms with Gasteiger partial charge in [0.05, 0.1) is 37.8 Å². The van der Waals surface area contributed by atoms with Gasteiger partial charge < -0.3 is 14.6 Å². The van der Waals surface area contributed by atoms with Crippen molar-refractivity contribution in [3.8, 4) is 5.75 Å². The summed E-state index contributed by atoms with van der Waals surface area (Å²) in [4.78, 5) is 15.7. The number of hydrogen-bond donors (Lipinski definition) is 3. The lowest BCUT2D eigenvalue weighted by atomic mass is 9.81. The van der Waals surface area contributed by atoms with Gasteiger partial charge in [-0.15, -0.1) is 0 Å². The average Bonchev–Trinajstić information content (AvgIpc) is 3.17. The lowest BCUT2D eigenvalue weighted by Gasteiger charge is -2.37. The van der Waals surface area contributed by atoms with Crippen LogP contribution in [0.5, 0.6) is 5.75 Å². The van der Waals surface area contributed by atoms with Gasteiger partial charge in [0, 0.05) is 6.54 Å². The number of carboxylic acids is 1. The molecule has 1 aromatic rings. The number of carbonyl (C=O) groups is 1. The second-order valence-electron chi connectivity index (χ2n) is 7.63. The summed E-state index contributed by atoms with van der Waals surface area (Å²) in [6.07, 6.45) is 10.1. The van der Waals surface area contributed by atoms with Crippen molar-refractivity contribution in [1.29, 1.82) is 0 Å². The molecule has 0 aliphatic carbocycles. The molecule has 0 spiro atoms. The molecule has 0 amide bonds. The van der Waals surface area contributed by atoms with Gasteiger partial charge in [0.15, 0.2) is 0 Å². The third-order valence-electron chi connectivity index (χ3n) is 5.48. The summed E-state index contributed by atoms with van der Waals surface area (Å²) in [5.74, 6) is 0.121. The van der Waals surface area contributed by atoms with E-state index in [0.29, 0.717) is 25.9 Å². The van der Waals surface area contributed by atoms with Crippen molar-refractivity contribution in [3.05, 3.63) is 24.0 Å². The Labute approximate surface area is 160 Å². The number of carboxylic acid groups (broad SMARTS) is 1. The summed E-state index contributed by atoms with van der Waals surface area (Å²) >= 11 is 0. The van der Waals surface area contributed by atoms with Crippen LogP contribution < -0.4 is 15.6 Å². The number of hydrazine groups is 1. The molecule has 7 nitrogen and oxygen atoms in total. The molecule has 2 fully saturated rings. The van der Waals surface area contributed by atoms with Crippen molar-refractivity contribution < 1.29 is 19.4 Å². The Hall–Kier alpha value is -1.70. The Morgan fingerprint density at radius 3 is 2.59 bits per heavy atom. The summed E-state index contributed by atoms with van der Waals surface area (Å²) in [7, 11) is 0. The number of hydrogen-bond acceptors (Lipinski definition) is 6. The molecular formula is C20H31N3O4. The summed E-state index contributed by atoms with van der Waals surface area (Å²) < 4.78 is 10.9. The van der Waals surface area contributed by atoms with Crippen LogP contribution in [0, 0.1) is 5.41 Å². The van der Waals surface area contributed by atoms with Crippen molar-refractivity contribution in [2.75, 3.05) is 26.4 Å². The number of rotatable bonds is 12. The minimum absolute atomic E-state index is 0.293. The number of aliphatic carboxylic acids is 1. The topological polar surface area (TPSA) is 92.7 Å². The number of pyridine rings is 1. The van der Waals surface area contributed by atoms with E-state index in [1.165, 1.54) is 0 Å². The Kier molecular flexibility index (Phi) is 7.43. The van der Waals surface area contributed by atoms with Gasteiger partial charge in [-0.25, -0.2) is 5.43 Å².